The van der Waals surface area contributed by atoms with Gasteiger partial charge in [-0.05, 0) is 12.1 Å². The van der Waals surface area contributed by atoms with Crippen LogP contribution in [0, 0.1) is 0 Å². The van der Waals surface area contributed by atoms with Crippen molar-refractivity contribution in [3.63, 3.8) is 0 Å². The molecule has 0 spiro atoms. The zero-order valence-corrected chi connectivity index (χ0v) is 10.0. The second-order valence-electron chi connectivity index (χ2n) is 3.78. The first-order valence-corrected chi connectivity index (χ1v) is 5.44. The number of hydrogen-bond acceptors (Lipinski definition) is 6. The maximum Gasteiger partial charge on any atom is 0.327 e. The molecule has 7 heteroatoms. The molecule has 1 heterocycles. The van der Waals surface area contributed by atoms with Gasteiger partial charge in [-0.1, -0.05) is 18.2 Å². The van der Waals surface area contributed by atoms with Crippen LogP contribution in [0.2, 0.25) is 0 Å². The van der Waals surface area contributed by atoms with Crippen LogP contribution in [-0.4, -0.2) is 40.1 Å². The van der Waals surface area contributed by atoms with Crippen molar-refractivity contribution in [3.05, 3.63) is 41.9 Å². The number of esters is 1. The Bertz CT molecular complexity index is 459. The van der Waals surface area contributed by atoms with Gasteiger partial charge in [0, 0.05) is 5.76 Å². The highest BCUT2D eigenvalue weighted by atomic mass is 16.6. The molecule has 2 rings (SSSR count). The summed E-state index contributed by atoms with van der Waals surface area (Å²) in [5.74, 6) is -3.25. The molecule has 1 aromatic rings. The summed E-state index contributed by atoms with van der Waals surface area (Å²) in [5, 5.41) is 36.8. The Morgan fingerprint density at radius 3 is 2.26 bits per heavy atom. The van der Waals surface area contributed by atoms with Gasteiger partial charge in [0.1, 0.15) is 17.6 Å². The number of aliphatic hydroxyl groups is 3. The maximum atomic E-state index is 10.6. The number of ether oxygens (including phenoxy) is 1. The minimum Gasteiger partial charge on any atom is -0.865 e. The summed E-state index contributed by atoms with van der Waals surface area (Å²) < 4.78 is 4.25. The lowest BCUT2D eigenvalue weighted by Gasteiger charge is -2.14. The van der Waals surface area contributed by atoms with Gasteiger partial charge in [0.2, 0.25) is 0 Å². The SMILES string of the molecule is O=C1O[C@H]([C@@H](O)CO)C(O)=C1[O-].[NH3+]c1ccccc1. The molecule has 0 aromatic heterocycles. The number of carbonyl (C=O) groups is 1. The molecular formula is C12H15NO6. The van der Waals surface area contributed by atoms with Crippen LogP contribution in [0.1, 0.15) is 0 Å². The summed E-state index contributed by atoms with van der Waals surface area (Å²) in [6.07, 6.45) is -2.88. The van der Waals surface area contributed by atoms with Gasteiger partial charge < -0.3 is 30.9 Å². The number of carbonyl (C=O) groups excluding carboxylic acids is 1. The van der Waals surface area contributed by atoms with Gasteiger partial charge in [-0.25, -0.2) is 4.79 Å². The van der Waals surface area contributed by atoms with Crippen molar-refractivity contribution in [3.8, 4) is 0 Å². The van der Waals surface area contributed by atoms with Crippen LogP contribution < -0.4 is 10.8 Å². The average molecular weight is 269 g/mol. The van der Waals surface area contributed by atoms with Crippen molar-refractivity contribution < 1.29 is 35.7 Å². The van der Waals surface area contributed by atoms with Gasteiger partial charge in [0.25, 0.3) is 0 Å². The molecular weight excluding hydrogens is 254 g/mol. The van der Waals surface area contributed by atoms with Gasteiger partial charge >= 0.3 is 5.97 Å². The highest BCUT2D eigenvalue weighted by molar-refractivity contribution is 5.88. The van der Waals surface area contributed by atoms with Crippen molar-refractivity contribution in [2.75, 3.05) is 6.61 Å². The molecule has 7 nitrogen and oxygen atoms in total. The number of quaternary nitrogens is 1. The maximum absolute atomic E-state index is 10.6. The molecule has 0 aliphatic carbocycles. The van der Waals surface area contributed by atoms with E-state index in [1.165, 1.54) is 0 Å². The van der Waals surface area contributed by atoms with Crippen LogP contribution in [0.25, 0.3) is 0 Å². The van der Waals surface area contributed by atoms with Crippen LogP contribution in [0.3, 0.4) is 0 Å². The standard InChI is InChI=1S/C6H7N.C6H8O6/c7-6-4-2-1-3-5-6;7-1-2(8)5-3(9)4(10)6(11)12-5/h1-5H,7H2;2,5,7-10H,1H2/t;2-,5+/m.0/s1. The molecule has 1 aromatic carbocycles. The normalized spacial score (nSPS) is 19.5. The van der Waals surface area contributed by atoms with Crippen LogP contribution in [0.4, 0.5) is 5.69 Å². The van der Waals surface area contributed by atoms with E-state index in [0.29, 0.717) is 0 Å². The molecule has 1 aliphatic heterocycles. The number of benzene rings is 1. The molecule has 104 valence electrons. The number of hydrogen-bond donors (Lipinski definition) is 4. The highest BCUT2D eigenvalue weighted by Crippen LogP contribution is 2.19. The Labute approximate surface area is 109 Å². The minimum atomic E-state index is -1.46. The second kappa shape index (κ2) is 6.74. The molecule has 2 atom stereocenters. The lowest BCUT2D eigenvalue weighted by molar-refractivity contribution is -0.303. The van der Waals surface area contributed by atoms with Crippen LogP contribution >= 0.6 is 0 Å². The molecule has 6 N–H and O–H groups in total. The zero-order chi connectivity index (χ0) is 14.4. The van der Waals surface area contributed by atoms with Crippen molar-refractivity contribution in [2.45, 2.75) is 12.2 Å². The third kappa shape index (κ3) is 3.95. The van der Waals surface area contributed by atoms with E-state index < -0.39 is 36.3 Å². The van der Waals surface area contributed by atoms with Gasteiger partial charge in [0.15, 0.2) is 6.10 Å². The van der Waals surface area contributed by atoms with Crippen LogP contribution in [-0.2, 0) is 9.53 Å². The first-order chi connectivity index (χ1) is 8.97. The van der Waals surface area contributed by atoms with E-state index in [1.54, 1.807) is 0 Å². The largest absolute Gasteiger partial charge is 0.865 e. The monoisotopic (exact) mass is 269 g/mol. The number of rotatable bonds is 2. The van der Waals surface area contributed by atoms with E-state index in [4.69, 9.17) is 15.3 Å². The van der Waals surface area contributed by atoms with Crippen molar-refractivity contribution in [2.24, 2.45) is 0 Å². The van der Waals surface area contributed by atoms with E-state index in [1.807, 2.05) is 30.3 Å². The summed E-state index contributed by atoms with van der Waals surface area (Å²) in [7, 11) is 0. The van der Waals surface area contributed by atoms with Crippen molar-refractivity contribution >= 4 is 11.7 Å². The van der Waals surface area contributed by atoms with Gasteiger partial charge in [-0.15, -0.1) is 0 Å². The fraction of sp³-hybridized carbons (Fsp3) is 0.250. The Hall–Kier alpha value is -2.09. The van der Waals surface area contributed by atoms with Gasteiger partial charge in [-0.2, -0.15) is 0 Å². The zero-order valence-electron chi connectivity index (χ0n) is 10.0. The van der Waals surface area contributed by atoms with Crippen molar-refractivity contribution in [1.29, 1.82) is 0 Å². The van der Waals surface area contributed by atoms with E-state index >= 15 is 0 Å². The summed E-state index contributed by atoms with van der Waals surface area (Å²) in [5.41, 5.74) is 4.79. The summed E-state index contributed by atoms with van der Waals surface area (Å²) in [6, 6.07) is 9.87. The topological polar surface area (TPSA) is 138 Å². The smallest absolute Gasteiger partial charge is 0.327 e. The molecule has 0 unspecified atom stereocenters. The third-order valence-electron chi connectivity index (χ3n) is 2.30. The van der Waals surface area contributed by atoms with E-state index in [9.17, 15) is 9.90 Å². The number of aliphatic hydroxyl groups excluding tert-OH is 3. The van der Waals surface area contributed by atoms with Gasteiger partial charge in [-0.3, -0.25) is 0 Å². The molecule has 0 amide bonds. The molecule has 0 saturated heterocycles. The molecule has 19 heavy (non-hydrogen) atoms. The molecule has 1 aliphatic rings. The number of cyclic esters (lactones) is 1. The Morgan fingerprint density at radius 1 is 1.37 bits per heavy atom. The Kier molecular flexibility index (Phi) is 5.31. The Morgan fingerprint density at radius 2 is 1.95 bits per heavy atom. The molecule has 0 fully saturated rings. The summed E-state index contributed by atoms with van der Waals surface area (Å²) in [4.78, 5) is 10.5. The minimum absolute atomic E-state index is 0.699. The fourth-order valence-corrected chi connectivity index (χ4v) is 1.29. The van der Waals surface area contributed by atoms with Crippen molar-refractivity contribution in [1.82, 2.24) is 0 Å². The molecule has 0 radical (unpaired) electrons. The predicted octanol–water partition coefficient (Wildman–Crippen LogP) is -2.05. The lowest BCUT2D eigenvalue weighted by atomic mass is 10.2. The average Bonchev–Trinajstić information content (AvgIpc) is 2.67. The predicted molar refractivity (Wildman–Crippen MR) is 61.6 cm³/mol. The van der Waals surface area contributed by atoms with Crippen LogP contribution in [0.15, 0.2) is 41.9 Å². The first-order valence-electron chi connectivity index (χ1n) is 5.44. The quantitative estimate of drug-likeness (QED) is 0.456. The molecule has 0 saturated carbocycles. The summed E-state index contributed by atoms with van der Waals surface area (Å²) >= 11 is 0. The van der Waals surface area contributed by atoms with E-state index in [0.717, 1.165) is 5.69 Å². The van der Waals surface area contributed by atoms with E-state index in [2.05, 4.69) is 10.5 Å². The summed E-state index contributed by atoms with van der Waals surface area (Å²) in [6.45, 7) is -0.699. The first kappa shape index (κ1) is 15.0. The third-order valence-corrected chi connectivity index (χ3v) is 2.30. The van der Waals surface area contributed by atoms with E-state index in [-0.39, 0.29) is 0 Å². The second-order valence-corrected chi connectivity index (χ2v) is 3.78. The Balaban J connectivity index is 0.000000218. The fourth-order valence-electron chi connectivity index (χ4n) is 1.29. The van der Waals surface area contributed by atoms with Gasteiger partial charge in [0.05, 0.1) is 6.61 Å². The van der Waals surface area contributed by atoms with Crippen LogP contribution in [0.5, 0.6) is 0 Å². The lowest BCUT2D eigenvalue weighted by Crippen LogP contribution is -2.39. The molecule has 0 bridgehead atoms. The highest BCUT2D eigenvalue weighted by Gasteiger charge is 2.34.